The number of nitrogens with one attached hydrogen (secondary N) is 1. The van der Waals surface area contributed by atoms with Crippen LogP contribution < -0.4 is 10.1 Å². The molecule has 5 nitrogen and oxygen atoms in total. The largest absolute Gasteiger partial charge is 0.496 e. The van der Waals surface area contributed by atoms with Gasteiger partial charge < -0.3 is 10.1 Å². The van der Waals surface area contributed by atoms with Gasteiger partial charge in [-0.2, -0.15) is 0 Å². The van der Waals surface area contributed by atoms with Gasteiger partial charge in [-0.25, -0.2) is 8.42 Å². The first-order valence-corrected chi connectivity index (χ1v) is 6.85. The van der Waals surface area contributed by atoms with E-state index in [4.69, 9.17) is 4.74 Å². The second-order valence-corrected chi connectivity index (χ2v) is 5.60. The molecule has 0 spiro atoms. The number of sulfone groups is 1. The van der Waals surface area contributed by atoms with Crippen LogP contribution in [-0.2, 0) is 9.84 Å². The number of benzene rings is 1. The molecule has 0 atom stereocenters. The van der Waals surface area contributed by atoms with E-state index in [9.17, 15) is 13.2 Å². The van der Waals surface area contributed by atoms with Crippen LogP contribution in [0.2, 0.25) is 0 Å². The highest BCUT2D eigenvalue weighted by atomic mass is 32.2. The van der Waals surface area contributed by atoms with E-state index in [0.29, 0.717) is 5.56 Å². The molecule has 0 aliphatic carbocycles. The van der Waals surface area contributed by atoms with Crippen LogP contribution in [0.1, 0.15) is 10.4 Å². The van der Waals surface area contributed by atoms with E-state index in [2.05, 4.69) is 5.32 Å². The minimum Gasteiger partial charge on any atom is -0.496 e. The molecule has 0 unspecified atom stereocenters. The van der Waals surface area contributed by atoms with E-state index >= 15 is 0 Å². The molecule has 0 radical (unpaired) electrons. The maximum atomic E-state index is 11.7. The first-order chi connectivity index (χ1) is 7.90. The van der Waals surface area contributed by atoms with Gasteiger partial charge >= 0.3 is 0 Å². The van der Waals surface area contributed by atoms with Crippen LogP contribution in [-0.4, -0.2) is 41.2 Å². The first kappa shape index (κ1) is 13.7. The van der Waals surface area contributed by atoms with Gasteiger partial charge in [0.1, 0.15) is 5.75 Å². The fourth-order valence-electron chi connectivity index (χ4n) is 1.39. The van der Waals surface area contributed by atoms with E-state index in [1.807, 2.05) is 0 Å². The molecular weight excluding hydrogens is 242 g/mol. The Balaban J connectivity index is 3.23. The summed E-state index contributed by atoms with van der Waals surface area (Å²) in [6.07, 6.45) is 1.11. The van der Waals surface area contributed by atoms with Crippen molar-refractivity contribution in [2.45, 2.75) is 4.90 Å². The second-order valence-electron chi connectivity index (χ2n) is 3.59. The van der Waals surface area contributed by atoms with Gasteiger partial charge in [0.15, 0.2) is 15.6 Å². The Morgan fingerprint density at radius 1 is 1.41 bits per heavy atom. The Kier molecular flexibility index (Phi) is 4.25. The van der Waals surface area contributed by atoms with E-state index in [0.717, 1.165) is 6.26 Å². The molecule has 0 amide bonds. The SMILES string of the molecule is CNCC(=O)c1ccc(S(C)(=O)=O)cc1OC. The predicted molar refractivity (Wildman–Crippen MR) is 64.4 cm³/mol. The number of methoxy groups -OCH3 is 1. The number of hydrogen-bond acceptors (Lipinski definition) is 5. The summed E-state index contributed by atoms with van der Waals surface area (Å²) >= 11 is 0. The van der Waals surface area contributed by atoms with Crippen LogP contribution in [0.25, 0.3) is 0 Å². The normalized spacial score (nSPS) is 11.2. The third-order valence-electron chi connectivity index (χ3n) is 2.24. The van der Waals surface area contributed by atoms with Gasteiger partial charge in [-0.3, -0.25) is 4.79 Å². The number of hydrogen-bond donors (Lipinski definition) is 1. The van der Waals surface area contributed by atoms with Crippen molar-refractivity contribution in [2.24, 2.45) is 0 Å². The highest BCUT2D eigenvalue weighted by Crippen LogP contribution is 2.23. The standard InChI is InChI=1S/C11H15NO4S/c1-12-7-10(13)9-5-4-8(17(3,14)15)6-11(9)16-2/h4-6,12H,7H2,1-3H3. The van der Waals surface area contributed by atoms with E-state index in [-0.39, 0.29) is 23.0 Å². The summed E-state index contributed by atoms with van der Waals surface area (Å²) in [7, 11) is -0.235. The van der Waals surface area contributed by atoms with Crippen LogP contribution in [0.4, 0.5) is 0 Å². The summed E-state index contributed by atoms with van der Waals surface area (Å²) in [5.41, 5.74) is 0.370. The highest BCUT2D eigenvalue weighted by molar-refractivity contribution is 7.90. The molecule has 0 fully saturated rings. The second kappa shape index (κ2) is 5.29. The lowest BCUT2D eigenvalue weighted by molar-refractivity contribution is 0.0990. The Morgan fingerprint density at radius 2 is 2.06 bits per heavy atom. The molecule has 0 bridgehead atoms. The Hall–Kier alpha value is -1.40. The van der Waals surface area contributed by atoms with Crippen LogP contribution in [0.3, 0.4) is 0 Å². The molecular formula is C11H15NO4S. The zero-order chi connectivity index (χ0) is 13.1. The van der Waals surface area contributed by atoms with Crippen LogP contribution in [0.15, 0.2) is 23.1 Å². The number of carbonyl (C=O) groups excluding carboxylic acids is 1. The minimum atomic E-state index is -3.30. The molecule has 1 rings (SSSR count). The van der Waals surface area contributed by atoms with Crippen molar-refractivity contribution in [3.63, 3.8) is 0 Å². The lowest BCUT2D eigenvalue weighted by Gasteiger charge is -2.09. The molecule has 1 aromatic rings. The lowest BCUT2D eigenvalue weighted by atomic mass is 10.1. The van der Waals surface area contributed by atoms with Gasteiger partial charge in [0, 0.05) is 6.26 Å². The smallest absolute Gasteiger partial charge is 0.180 e. The molecule has 6 heteroatoms. The van der Waals surface area contributed by atoms with E-state index in [1.165, 1.54) is 25.3 Å². The molecule has 0 aliphatic heterocycles. The Morgan fingerprint density at radius 3 is 2.53 bits per heavy atom. The first-order valence-electron chi connectivity index (χ1n) is 4.96. The zero-order valence-electron chi connectivity index (χ0n) is 9.98. The topological polar surface area (TPSA) is 72.5 Å². The number of likely N-dealkylation sites (N-methyl/N-ethyl adjacent to an activating group) is 1. The van der Waals surface area contributed by atoms with Crippen LogP contribution in [0.5, 0.6) is 5.75 Å². The summed E-state index contributed by atoms with van der Waals surface area (Å²) in [6.45, 7) is 0.175. The van der Waals surface area contributed by atoms with Gasteiger partial charge in [0.25, 0.3) is 0 Å². The van der Waals surface area contributed by atoms with Crippen LogP contribution in [0, 0.1) is 0 Å². The minimum absolute atomic E-state index is 0.135. The fourth-order valence-corrected chi connectivity index (χ4v) is 2.02. The molecule has 0 aliphatic rings. The average molecular weight is 257 g/mol. The number of ketones is 1. The van der Waals surface area contributed by atoms with Gasteiger partial charge in [-0.1, -0.05) is 0 Å². The molecule has 0 saturated carbocycles. The van der Waals surface area contributed by atoms with Crippen molar-refractivity contribution in [1.29, 1.82) is 0 Å². The van der Waals surface area contributed by atoms with Crippen molar-refractivity contribution < 1.29 is 17.9 Å². The van der Waals surface area contributed by atoms with Gasteiger partial charge in [0.2, 0.25) is 0 Å². The van der Waals surface area contributed by atoms with Gasteiger partial charge in [-0.05, 0) is 25.2 Å². The maximum absolute atomic E-state index is 11.7. The van der Waals surface area contributed by atoms with Crippen molar-refractivity contribution in [1.82, 2.24) is 5.32 Å². The Bertz CT molecular complexity index is 522. The number of carbonyl (C=O) groups is 1. The predicted octanol–water partition coefficient (Wildman–Crippen LogP) is 0.501. The van der Waals surface area contributed by atoms with Gasteiger partial charge in [0.05, 0.1) is 24.1 Å². The average Bonchev–Trinajstić information content (AvgIpc) is 2.27. The monoisotopic (exact) mass is 257 g/mol. The third-order valence-corrected chi connectivity index (χ3v) is 3.35. The molecule has 0 heterocycles. The molecule has 94 valence electrons. The van der Waals surface area contributed by atoms with Crippen molar-refractivity contribution in [2.75, 3.05) is 27.0 Å². The van der Waals surface area contributed by atoms with E-state index in [1.54, 1.807) is 7.05 Å². The summed E-state index contributed by atoms with van der Waals surface area (Å²) in [6, 6.07) is 4.23. The summed E-state index contributed by atoms with van der Waals surface area (Å²) < 4.78 is 27.7. The summed E-state index contributed by atoms with van der Waals surface area (Å²) in [5.74, 6) is 0.123. The maximum Gasteiger partial charge on any atom is 0.180 e. The molecule has 0 aromatic heterocycles. The van der Waals surface area contributed by atoms with Gasteiger partial charge in [-0.15, -0.1) is 0 Å². The zero-order valence-corrected chi connectivity index (χ0v) is 10.8. The quantitative estimate of drug-likeness (QED) is 0.778. The molecule has 1 N–H and O–H groups in total. The fraction of sp³-hybridized carbons (Fsp3) is 0.364. The molecule has 1 aromatic carbocycles. The molecule has 0 saturated heterocycles. The number of rotatable bonds is 5. The highest BCUT2D eigenvalue weighted by Gasteiger charge is 2.15. The molecule has 17 heavy (non-hydrogen) atoms. The van der Waals surface area contributed by atoms with Crippen LogP contribution >= 0.6 is 0 Å². The lowest BCUT2D eigenvalue weighted by Crippen LogP contribution is -2.19. The summed E-state index contributed by atoms with van der Waals surface area (Å²) in [5, 5.41) is 2.74. The number of ether oxygens (including phenoxy) is 1. The van der Waals surface area contributed by atoms with Crippen molar-refractivity contribution >= 4 is 15.6 Å². The number of Topliss-reactive ketones (excluding diaryl/α,β-unsaturated/α-hetero) is 1. The van der Waals surface area contributed by atoms with Crippen molar-refractivity contribution in [3.05, 3.63) is 23.8 Å². The summed E-state index contributed by atoms with van der Waals surface area (Å²) in [4.78, 5) is 11.8. The Labute approximate surface area is 101 Å². The van der Waals surface area contributed by atoms with E-state index < -0.39 is 9.84 Å². The third kappa shape index (κ3) is 3.28. The van der Waals surface area contributed by atoms with Crippen molar-refractivity contribution in [3.8, 4) is 5.75 Å².